The second-order valence-corrected chi connectivity index (χ2v) is 4.90. The summed E-state index contributed by atoms with van der Waals surface area (Å²) in [4.78, 5) is 35.3. The Morgan fingerprint density at radius 1 is 1.27 bits per heavy atom. The van der Waals surface area contributed by atoms with Crippen molar-refractivity contribution in [2.24, 2.45) is 0 Å². The first kappa shape index (κ1) is 13.9. The van der Waals surface area contributed by atoms with Crippen LogP contribution in [0.25, 0.3) is 0 Å². The molecular formula is C15H13N3O4. The minimum Gasteiger partial charge on any atom is -0.482 e. The molecule has 7 heteroatoms. The average Bonchev–Trinajstić information content (AvgIpc) is 2.50. The summed E-state index contributed by atoms with van der Waals surface area (Å²) in [5.41, 5.74) is 6.53. The zero-order valence-electron chi connectivity index (χ0n) is 11.5. The Morgan fingerprint density at radius 3 is 2.91 bits per heavy atom. The summed E-state index contributed by atoms with van der Waals surface area (Å²) in [7, 11) is 0. The highest BCUT2D eigenvalue weighted by Crippen LogP contribution is 2.28. The van der Waals surface area contributed by atoms with Crippen molar-refractivity contribution in [2.75, 3.05) is 17.7 Å². The summed E-state index contributed by atoms with van der Waals surface area (Å²) in [5.74, 6) is -0.0308. The van der Waals surface area contributed by atoms with Crippen LogP contribution in [0.4, 0.5) is 11.4 Å². The summed E-state index contributed by atoms with van der Waals surface area (Å²) >= 11 is 0. The van der Waals surface area contributed by atoms with E-state index in [9.17, 15) is 14.4 Å². The summed E-state index contributed by atoms with van der Waals surface area (Å²) in [6.07, 6.45) is 1.42. The maximum absolute atomic E-state index is 12.3. The van der Waals surface area contributed by atoms with Crippen molar-refractivity contribution in [2.45, 2.75) is 6.54 Å². The van der Waals surface area contributed by atoms with E-state index >= 15 is 0 Å². The van der Waals surface area contributed by atoms with Crippen molar-refractivity contribution in [3.63, 3.8) is 0 Å². The number of benzene rings is 1. The number of ketones is 1. The van der Waals surface area contributed by atoms with Crippen molar-refractivity contribution in [1.82, 2.24) is 4.57 Å². The lowest BCUT2D eigenvalue weighted by Gasteiger charge is -2.18. The fourth-order valence-electron chi connectivity index (χ4n) is 2.18. The molecule has 2 heterocycles. The molecule has 0 saturated carbocycles. The number of nitrogens with zero attached hydrogens (tertiary/aromatic N) is 1. The van der Waals surface area contributed by atoms with Gasteiger partial charge in [-0.25, -0.2) is 0 Å². The molecule has 1 amide bonds. The standard InChI is InChI=1S/C15H13N3O4/c16-10-2-4-15(21)18(6-10)7-12(19)9-1-3-13-11(5-9)17-14(20)8-22-13/h1-6H,7-8,16H2,(H,17,20). The van der Waals surface area contributed by atoms with Gasteiger partial charge in [-0.2, -0.15) is 0 Å². The number of amides is 1. The van der Waals surface area contributed by atoms with Crippen LogP contribution in [0.5, 0.6) is 5.75 Å². The number of anilines is 2. The number of nitrogen functional groups attached to an aromatic ring is 1. The topological polar surface area (TPSA) is 103 Å². The summed E-state index contributed by atoms with van der Waals surface area (Å²) in [5, 5.41) is 2.63. The van der Waals surface area contributed by atoms with E-state index < -0.39 is 0 Å². The Morgan fingerprint density at radius 2 is 2.09 bits per heavy atom. The minimum absolute atomic E-state index is 0.0427. The molecule has 0 spiro atoms. The van der Waals surface area contributed by atoms with Crippen molar-refractivity contribution in [3.8, 4) is 5.75 Å². The lowest BCUT2D eigenvalue weighted by Crippen LogP contribution is -2.26. The van der Waals surface area contributed by atoms with Crippen LogP contribution in [0, 0.1) is 0 Å². The van der Waals surface area contributed by atoms with E-state index in [-0.39, 0.29) is 30.4 Å². The zero-order valence-corrected chi connectivity index (χ0v) is 11.5. The van der Waals surface area contributed by atoms with Gasteiger partial charge in [-0.3, -0.25) is 14.4 Å². The van der Waals surface area contributed by atoms with E-state index in [2.05, 4.69) is 5.32 Å². The highest BCUT2D eigenvalue weighted by Gasteiger charge is 2.18. The van der Waals surface area contributed by atoms with Crippen LogP contribution in [0.2, 0.25) is 0 Å². The molecule has 0 bridgehead atoms. The fraction of sp³-hybridized carbons (Fsp3) is 0.133. The van der Waals surface area contributed by atoms with Gasteiger partial charge in [0.05, 0.1) is 12.2 Å². The molecule has 2 aromatic rings. The third kappa shape index (κ3) is 2.69. The summed E-state index contributed by atoms with van der Waals surface area (Å²) in [6, 6.07) is 7.53. The number of nitrogens with one attached hydrogen (secondary N) is 1. The van der Waals surface area contributed by atoms with Gasteiger partial charge >= 0.3 is 0 Å². The number of hydrogen-bond acceptors (Lipinski definition) is 5. The minimum atomic E-state index is -0.308. The number of fused-ring (bicyclic) bond motifs is 1. The molecule has 3 rings (SSSR count). The molecule has 112 valence electrons. The van der Waals surface area contributed by atoms with Crippen LogP contribution in [-0.4, -0.2) is 22.9 Å². The molecule has 0 radical (unpaired) electrons. The number of aromatic nitrogens is 1. The molecule has 3 N–H and O–H groups in total. The Kier molecular flexibility index (Phi) is 3.38. The van der Waals surface area contributed by atoms with Crippen LogP contribution in [0.3, 0.4) is 0 Å². The van der Waals surface area contributed by atoms with Crippen LogP contribution < -0.4 is 21.3 Å². The lowest BCUT2D eigenvalue weighted by molar-refractivity contribution is -0.118. The maximum atomic E-state index is 12.3. The number of carbonyl (C=O) groups is 2. The molecule has 1 aliphatic rings. The van der Waals surface area contributed by atoms with Crippen LogP contribution >= 0.6 is 0 Å². The molecule has 0 saturated heterocycles. The number of carbonyl (C=O) groups excluding carboxylic acids is 2. The number of pyridine rings is 1. The molecule has 0 fully saturated rings. The van der Waals surface area contributed by atoms with E-state index in [0.29, 0.717) is 22.7 Å². The van der Waals surface area contributed by atoms with E-state index in [4.69, 9.17) is 10.5 Å². The largest absolute Gasteiger partial charge is 0.482 e. The van der Waals surface area contributed by atoms with E-state index in [1.165, 1.54) is 29.0 Å². The number of Topliss-reactive ketones (excluding diaryl/α,β-unsaturated/α-hetero) is 1. The lowest BCUT2D eigenvalue weighted by atomic mass is 10.1. The monoisotopic (exact) mass is 299 g/mol. The van der Waals surface area contributed by atoms with Gasteiger partial charge < -0.3 is 20.4 Å². The molecule has 0 aliphatic carbocycles. The zero-order chi connectivity index (χ0) is 15.7. The van der Waals surface area contributed by atoms with Crippen LogP contribution in [0.1, 0.15) is 10.4 Å². The maximum Gasteiger partial charge on any atom is 0.262 e. The smallest absolute Gasteiger partial charge is 0.262 e. The number of rotatable bonds is 3. The van der Waals surface area contributed by atoms with E-state index in [1.807, 2.05) is 0 Å². The van der Waals surface area contributed by atoms with Crippen molar-refractivity contribution < 1.29 is 14.3 Å². The van der Waals surface area contributed by atoms with Gasteiger partial charge in [0.1, 0.15) is 5.75 Å². The highest BCUT2D eigenvalue weighted by atomic mass is 16.5. The first-order chi connectivity index (χ1) is 10.5. The van der Waals surface area contributed by atoms with Gasteiger partial charge in [0, 0.05) is 23.5 Å². The number of ether oxygens (including phenoxy) is 1. The van der Waals surface area contributed by atoms with Crippen molar-refractivity contribution in [1.29, 1.82) is 0 Å². The molecule has 0 unspecified atom stereocenters. The van der Waals surface area contributed by atoms with Crippen molar-refractivity contribution >= 4 is 23.1 Å². The summed E-state index contributed by atoms with van der Waals surface area (Å²) < 4.78 is 6.47. The first-order valence-electron chi connectivity index (χ1n) is 6.59. The van der Waals surface area contributed by atoms with Gasteiger partial charge in [-0.1, -0.05) is 0 Å². The predicted octanol–water partition coefficient (Wildman–Crippen LogP) is 0.644. The third-order valence-electron chi connectivity index (χ3n) is 3.25. The first-order valence-corrected chi connectivity index (χ1v) is 6.59. The highest BCUT2D eigenvalue weighted by molar-refractivity contribution is 6.00. The molecule has 0 atom stereocenters. The predicted molar refractivity (Wildman–Crippen MR) is 80.0 cm³/mol. The summed E-state index contributed by atoms with van der Waals surface area (Å²) in [6.45, 7) is -0.170. The SMILES string of the molecule is Nc1ccc(=O)n(CC(=O)c2ccc3c(c2)NC(=O)CO3)c1. The third-order valence-corrected chi connectivity index (χ3v) is 3.25. The van der Waals surface area contributed by atoms with Crippen LogP contribution in [0.15, 0.2) is 41.3 Å². The van der Waals surface area contributed by atoms with E-state index in [1.54, 1.807) is 12.1 Å². The van der Waals surface area contributed by atoms with Gasteiger partial charge in [-0.15, -0.1) is 0 Å². The molecule has 22 heavy (non-hydrogen) atoms. The van der Waals surface area contributed by atoms with Gasteiger partial charge in [-0.05, 0) is 24.3 Å². The van der Waals surface area contributed by atoms with Crippen molar-refractivity contribution in [3.05, 3.63) is 52.4 Å². The average molecular weight is 299 g/mol. The second-order valence-electron chi connectivity index (χ2n) is 4.90. The Labute approximate surface area is 125 Å². The molecule has 1 aliphatic heterocycles. The molecule has 1 aromatic heterocycles. The van der Waals surface area contributed by atoms with Gasteiger partial charge in [0.2, 0.25) is 0 Å². The second kappa shape index (κ2) is 5.36. The molecule has 1 aromatic carbocycles. The van der Waals surface area contributed by atoms with E-state index in [0.717, 1.165) is 0 Å². The quantitative estimate of drug-likeness (QED) is 0.810. The fourth-order valence-corrected chi connectivity index (χ4v) is 2.18. The molecule has 7 nitrogen and oxygen atoms in total. The number of nitrogens with two attached hydrogens (primary N) is 1. The Hall–Kier alpha value is -3.09. The molecular weight excluding hydrogens is 286 g/mol. The Balaban J connectivity index is 1.86. The van der Waals surface area contributed by atoms with Gasteiger partial charge in [0.25, 0.3) is 11.5 Å². The van der Waals surface area contributed by atoms with Crippen LogP contribution in [-0.2, 0) is 11.3 Å². The van der Waals surface area contributed by atoms with Gasteiger partial charge in [0.15, 0.2) is 12.4 Å². The number of hydrogen-bond donors (Lipinski definition) is 2. The Bertz CT molecular complexity index is 826. The normalized spacial score (nSPS) is 13.0.